The Morgan fingerprint density at radius 1 is 1.41 bits per heavy atom. The molecular formula is C16H23ClN2O3. The van der Waals surface area contributed by atoms with Crippen molar-refractivity contribution < 1.29 is 14.3 Å². The minimum Gasteiger partial charge on any atom is -0.493 e. The minimum absolute atomic E-state index is 0.0984. The average Bonchev–Trinajstić information content (AvgIpc) is 2.55. The molecule has 0 saturated carbocycles. The number of ether oxygens (including phenoxy) is 2. The SMILES string of the molecule is CCOc1c(Cl)cc(CNC(=O)C2CCNCC2)cc1OC. The first-order chi connectivity index (χ1) is 10.7. The predicted octanol–water partition coefficient (Wildman–Crippen LogP) is 2.36. The Balaban J connectivity index is 2.00. The van der Waals surface area contributed by atoms with Crippen molar-refractivity contribution in [3.05, 3.63) is 22.7 Å². The number of nitrogens with one attached hydrogen (secondary N) is 2. The molecule has 0 bridgehead atoms. The highest BCUT2D eigenvalue weighted by Crippen LogP contribution is 2.36. The summed E-state index contributed by atoms with van der Waals surface area (Å²) in [6, 6.07) is 3.65. The lowest BCUT2D eigenvalue weighted by Crippen LogP contribution is -2.37. The molecule has 1 saturated heterocycles. The molecule has 1 amide bonds. The normalized spacial score (nSPS) is 15.4. The largest absolute Gasteiger partial charge is 0.493 e. The number of carbonyl (C=O) groups is 1. The van der Waals surface area contributed by atoms with Gasteiger partial charge in [-0.1, -0.05) is 11.6 Å². The number of hydrogen-bond acceptors (Lipinski definition) is 4. The second-order valence-electron chi connectivity index (χ2n) is 5.28. The highest BCUT2D eigenvalue weighted by atomic mass is 35.5. The molecule has 1 fully saturated rings. The van der Waals surface area contributed by atoms with Gasteiger partial charge in [-0.15, -0.1) is 0 Å². The molecular weight excluding hydrogens is 304 g/mol. The molecule has 1 aliphatic heterocycles. The van der Waals surface area contributed by atoms with E-state index in [9.17, 15) is 4.79 Å². The van der Waals surface area contributed by atoms with Crippen LogP contribution in [0.5, 0.6) is 11.5 Å². The third kappa shape index (κ3) is 4.27. The van der Waals surface area contributed by atoms with Crippen molar-refractivity contribution in [2.75, 3.05) is 26.8 Å². The van der Waals surface area contributed by atoms with Crippen LogP contribution >= 0.6 is 11.6 Å². The van der Waals surface area contributed by atoms with Gasteiger partial charge in [0.05, 0.1) is 18.7 Å². The van der Waals surface area contributed by atoms with Crippen molar-refractivity contribution >= 4 is 17.5 Å². The van der Waals surface area contributed by atoms with Gasteiger partial charge in [0.1, 0.15) is 0 Å². The second kappa shape index (κ2) is 8.25. The van der Waals surface area contributed by atoms with Crippen molar-refractivity contribution in [1.82, 2.24) is 10.6 Å². The van der Waals surface area contributed by atoms with Crippen LogP contribution in [0.25, 0.3) is 0 Å². The zero-order valence-corrected chi connectivity index (χ0v) is 13.8. The third-order valence-corrected chi connectivity index (χ3v) is 4.04. The third-order valence-electron chi connectivity index (χ3n) is 3.75. The fourth-order valence-electron chi connectivity index (χ4n) is 2.58. The molecule has 2 rings (SSSR count). The number of methoxy groups -OCH3 is 1. The van der Waals surface area contributed by atoms with Gasteiger partial charge in [0.15, 0.2) is 11.5 Å². The zero-order chi connectivity index (χ0) is 15.9. The zero-order valence-electron chi connectivity index (χ0n) is 13.1. The maximum absolute atomic E-state index is 12.2. The molecule has 122 valence electrons. The number of benzene rings is 1. The van der Waals surface area contributed by atoms with Gasteiger partial charge >= 0.3 is 0 Å². The van der Waals surface area contributed by atoms with Gasteiger partial charge in [-0.05, 0) is 50.6 Å². The predicted molar refractivity (Wildman–Crippen MR) is 86.6 cm³/mol. The lowest BCUT2D eigenvalue weighted by Gasteiger charge is -2.22. The average molecular weight is 327 g/mol. The number of amides is 1. The van der Waals surface area contributed by atoms with E-state index in [0.717, 1.165) is 31.5 Å². The quantitative estimate of drug-likeness (QED) is 0.842. The standard InChI is InChI=1S/C16H23ClN2O3/c1-3-22-15-13(17)8-11(9-14(15)21-2)10-19-16(20)12-4-6-18-7-5-12/h8-9,12,18H,3-7,10H2,1-2H3,(H,19,20). The Kier molecular flexibility index (Phi) is 6.34. The van der Waals surface area contributed by atoms with E-state index < -0.39 is 0 Å². The Bertz CT molecular complexity index is 516. The van der Waals surface area contributed by atoms with Crippen LogP contribution < -0.4 is 20.1 Å². The molecule has 0 aliphatic carbocycles. The highest BCUT2D eigenvalue weighted by molar-refractivity contribution is 6.32. The van der Waals surface area contributed by atoms with Crippen molar-refractivity contribution in [3.8, 4) is 11.5 Å². The van der Waals surface area contributed by atoms with Gasteiger partial charge in [-0.3, -0.25) is 4.79 Å². The molecule has 1 aliphatic rings. The molecule has 1 aromatic rings. The van der Waals surface area contributed by atoms with E-state index in [2.05, 4.69) is 10.6 Å². The second-order valence-corrected chi connectivity index (χ2v) is 5.69. The fraction of sp³-hybridized carbons (Fsp3) is 0.562. The van der Waals surface area contributed by atoms with Crippen LogP contribution in [0.1, 0.15) is 25.3 Å². The van der Waals surface area contributed by atoms with E-state index in [4.69, 9.17) is 21.1 Å². The number of piperidine rings is 1. The Hall–Kier alpha value is -1.46. The fourth-order valence-corrected chi connectivity index (χ4v) is 2.87. The van der Waals surface area contributed by atoms with E-state index in [0.29, 0.717) is 29.7 Å². The summed E-state index contributed by atoms with van der Waals surface area (Å²) < 4.78 is 10.8. The van der Waals surface area contributed by atoms with Gasteiger partial charge in [0.2, 0.25) is 5.91 Å². The molecule has 0 spiro atoms. The Morgan fingerprint density at radius 3 is 2.77 bits per heavy atom. The first-order valence-corrected chi connectivity index (χ1v) is 8.01. The number of rotatable bonds is 6. The lowest BCUT2D eigenvalue weighted by atomic mass is 9.97. The molecule has 5 nitrogen and oxygen atoms in total. The van der Waals surface area contributed by atoms with Gasteiger partial charge in [-0.25, -0.2) is 0 Å². The van der Waals surface area contributed by atoms with Crippen molar-refractivity contribution in [2.45, 2.75) is 26.3 Å². The number of carbonyl (C=O) groups excluding carboxylic acids is 1. The topological polar surface area (TPSA) is 59.6 Å². The van der Waals surface area contributed by atoms with Crippen molar-refractivity contribution in [2.24, 2.45) is 5.92 Å². The first-order valence-electron chi connectivity index (χ1n) is 7.63. The molecule has 0 aromatic heterocycles. The lowest BCUT2D eigenvalue weighted by molar-refractivity contribution is -0.125. The monoisotopic (exact) mass is 326 g/mol. The van der Waals surface area contributed by atoms with E-state index in [1.165, 1.54) is 0 Å². The van der Waals surface area contributed by atoms with Crippen LogP contribution in [0.4, 0.5) is 0 Å². The van der Waals surface area contributed by atoms with E-state index in [1.54, 1.807) is 13.2 Å². The highest BCUT2D eigenvalue weighted by Gasteiger charge is 2.20. The first kappa shape index (κ1) is 16.9. The van der Waals surface area contributed by atoms with Crippen LogP contribution in [0.3, 0.4) is 0 Å². The van der Waals surface area contributed by atoms with Gasteiger partial charge in [-0.2, -0.15) is 0 Å². The van der Waals surface area contributed by atoms with Crippen LogP contribution in [-0.2, 0) is 11.3 Å². The molecule has 1 heterocycles. The maximum Gasteiger partial charge on any atom is 0.223 e. The molecule has 2 N–H and O–H groups in total. The summed E-state index contributed by atoms with van der Waals surface area (Å²) in [5, 5.41) is 6.73. The summed E-state index contributed by atoms with van der Waals surface area (Å²) in [4.78, 5) is 12.2. The van der Waals surface area contributed by atoms with E-state index >= 15 is 0 Å². The summed E-state index contributed by atoms with van der Waals surface area (Å²) in [7, 11) is 1.57. The van der Waals surface area contributed by atoms with Crippen LogP contribution in [0.2, 0.25) is 5.02 Å². The minimum atomic E-state index is 0.0984. The van der Waals surface area contributed by atoms with Crippen molar-refractivity contribution in [1.29, 1.82) is 0 Å². The van der Waals surface area contributed by atoms with Crippen LogP contribution in [0, 0.1) is 5.92 Å². The molecule has 1 aromatic carbocycles. The van der Waals surface area contributed by atoms with Gasteiger partial charge in [0, 0.05) is 12.5 Å². The number of halogens is 1. The summed E-state index contributed by atoms with van der Waals surface area (Å²) in [6.45, 7) is 4.65. The maximum atomic E-state index is 12.2. The Labute approximate surface area is 136 Å². The molecule has 6 heteroatoms. The molecule has 22 heavy (non-hydrogen) atoms. The van der Waals surface area contributed by atoms with Crippen LogP contribution in [0.15, 0.2) is 12.1 Å². The summed E-state index contributed by atoms with van der Waals surface area (Å²) in [6.07, 6.45) is 1.78. The van der Waals surface area contributed by atoms with E-state index in [-0.39, 0.29) is 11.8 Å². The Morgan fingerprint density at radius 2 is 2.14 bits per heavy atom. The molecule has 0 radical (unpaired) electrons. The van der Waals surface area contributed by atoms with Crippen molar-refractivity contribution in [3.63, 3.8) is 0 Å². The summed E-state index contributed by atoms with van der Waals surface area (Å²) in [5.74, 6) is 1.33. The van der Waals surface area contributed by atoms with Gasteiger partial charge in [0.25, 0.3) is 0 Å². The molecule has 0 atom stereocenters. The van der Waals surface area contributed by atoms with Crippen LogP contribution in [-0.4, -0.2) is 32.7 Å². The summed E-state index contributed by atoms with van der Waals surface area (Å²) >= 11 is 6.23. The summed E-state index contributed by atoms with van der Waals surface area (Å²) in [5.41, 5.74) is 0.896. The number of hydrogen-bond donors (Lipinski definition) is 2. The van der Waals surface area contributed by atoms with Gasteiger partial charge < -0.3 is 20.1 Å². The smallest absolute Gasteiger partial charge is 0.223 e. The van der Waals surface area contributed by atoms with E-state index in [1.807, 2.05) is 13.0 Å². The molecule has 0 unspecified atom stereocenters.